The molecule has 2 aromatic heterocycles. The number of halogens is 3. The number of pyridine rings is 1. The van der Waals surface area contributed by atoms with Gasteiger partial charge in [-0.25, -0.2) is 9.78 Å². The fraction of sp³-hybridized carbons (Fsp3) is 0.158. The van der Waals surface area contributed by atoms with E-state index >= 15 is 0 Å². The van der Waals surface area contributed by atoms with Gasteiger partial charge in [-0.05, 0) is 49.7 Å². The lowest BCUT2D eigenvalue weighted by Crippen LogP contribution is -2.20. The van der Waals surface area contributed by atoms with Gasteiger partial charge in [0.2, 0.25) is 0 Å². The van der Waals surface area contributed by atoms with Gasteiger partial charge >= 0.3 is 12.4 Å². The monoisotopic (exact) mass is 403 g/mol. The van der Waals surface area contributed by atoms with E-state index in [0.29, 0.717) is 16.9 Å². The Hall–Kier alpha value is -3.69. The minimum absolute atomic E-state index is 0.174. The molecule has 3 aromatic rings. The van der Waals surface area contributed by atoms with Crippen molar-refractivity contribution in [2.45, 2.75) is 20.2 Å². The molecule has 0 aliphatic rings. The number of urea groups is 1. The molecule has 2 heterocycles. The first-order valence-corrected chi connectivity index (χ1v) is 8.39. The molecule has 2 amide bonds. The lowest BCUT2D eigenvalue weighted by atomic mass is 10.1. The summed E-state index contributed by atoms with van der Waals surface area (Å²) in [7, 11) is 0. The van der Waals surface area contributed by atoms with Crippen LogP contribution in [0.15, 0.2) is 48.9 Å². The molecular weight excluding hydrogens is 387 g/mol. The van der Waals surface area contributed by atoms with Gasteiger partial charge in [0.1, 0.15) is 5.75 Å². The van der Waals surface area contributed by atoms with E-state index in [0.717, 1.165) is 5.69 Å². The van der Waals surface area contributed by atoms with Crippen LogP contribution in [0.4, 0.5) is 29.5 Å². The number of amides is 2. The topological polar surface area (TPSA) is 89.0 Å². The molecule has 0 radical (unpaired) electrons. The van der Waals surface area contributed by atoms with Gasteiger partial charge in [0, 0.05) is 11.3 Å². The van der Waals surface area contributed by atoms with Crippen LogP contribution >= 0.6 is 0 Å². The Balaban J connectivity index is 1.73. The van der Waals surface area contributed by atoms with Gasteiger partial charge in [-0.1, -0.05) is 0 Å². The van der Waals surface area contributed by atoms with Crippen molar-refractivity contribution in [2.24, 2.45) is 0 Å². The molecule has 0 fully saturated rings. The molecule has 29 heavy (non-hydrogen) atoms. The minimum Gasteiger partial charge on any atom is -0.406 e. The summed E-state index contributed by atoms with van der Waals surface area (Å²) in [5.41, 5.74) is 2.51. The predicted octanol–water partition coefficient (Wildman–Crippen LogP) is 4.70. The molecule has 0 saturated carbocycles. The Morgan fingerprint density at radius 2 is 1.83 bits per heavy atom. The first-order chi connectivity index (χ1) is 13.7. The molecule has 150 valence electrons. The van der Waals surface area contributed by atoms with Gasteiger partial charge in [0.05, 0.1) is 30.0 Å². The number of benzene rings is 1. The van der Waals surface area contributed by atoms with Crippen LogP contribution < -0.4 is 15.4 Å². The molecule has 0 aliphatic carbocycles. The third-order valence-electron chi connectivity index (χ3n) is 3.74. The minimum atomic E-state index is -4.77. The summed E-state index contributed by atoms with van der Waals surface area (Å²) < 4.78 is 41.2. The van der Waals surface area contributed by atoms with Crippen LogP contribution in [-0.4, -0.2) is 27.3 Å². The van der Waals surface area contributed by atoms with Gasteiger partial charge in [0.15, 0.2) is 5.82 Å². The highest BCUT2D eigenvalue weighted by atomic mass is 19.4. The zero-order valence-electron chi connectivity index (χ0n) is 15.4. The summed E-state index contributed by atoms with van der Waals surface area (Å²) >= 11 is 0. The number of nitrogens with one attached hydrogen (secondary N) is 2. The molecule has 0 aliphatic heterocycles. The van der Waals surface area contributed by atoms with Crippen LogP contribution in [0.3, 0.4) is 0 Å². The first kappa shape index (κ1) is 20.1. The Kier molecular flexibility index (Phi) is 5.62. The molecule has 0 spiro atoms. The average Bonchev–Trinajstić information content (AvgIpc) is 2.64. The number of hydrogen-bond acceptors (Lipinski definition) is 5. The molecule has 2 N–H and O–H groups in total. The fourth-order valence-corrected chi connectivity index (χ4v) is 2.43. The highest BCUT2D eigenvalue weighted by Crippen LogP contribution is 2.29. The zero-order valence-corrected chi connectivity index (χ0v) is 15.4. The lowest BCUT2D eigenvalue weighted by molar-refractivity contribution is -0.274. The molecule has 0 atom stereocenters. The Bertz CT molecular complexity index is 1020. The normalized spacial score (nSPS) is 11.1. The van der Waals surface area contributed by atoms with Crippen molar-refractivity contribution in [1.29, 1.82) is 0 Å². The van der Waals surface area contributed by atoms with E-state index in [1.807, 2.05) is 6.92 Å². The highest BCUT2D eigenvalue weighted by Gasteiger charge is 2.31. The summed E-state index contributed by atoms with van der Waals surface area (Å²) in [6.45, 7) is 3.32. The molecule has 0 saturated heterocycles. The Labute approximate surface area is 164 Å². The zero-order chi connectivity index (χ0) is 21.0. The number of aryl methyl sites for hydroxylation is 2. The molecule has 3 rings (SSSR count). The summed E-state index contributed by atoms with van der Waals surface area (Å²) in [6, 6.07) is 7.05. The standard InChI is InChI=1S/C19H16F3N5O2/c1-11-7-13(4-6-16(11)29-19(20,21)22)15-9-23-10-17(26-15)27-18(28)25-14-5-3-12(2)24-8-14/h3-10H,1-2H3,(H2,25,26,27,28). The van der Waals surface area contributed by atoms with Crippen LogP contribution in [0.1, 0.15) is 11.3 Å². The van der Waals surface area contributed by atoms with E-state index in [-0.39, 0.29) is 17.1 Å². The smallest absolute Gasteiger partial charge is 0.406 e. The second-order valence-corrected chi connectivity index (χ2v) is 6.09. The van der Waals surface area contributed by atoms with Crippen molar-refractivity contribution in [3.8, 4) is 17.0 Å². The Morgan fingerprint density at radius 1 is 1.03 bits per heavy atom. The van der Waals surface area contributed by atoms with Crippen LogP contribution in [-0.2, 0) is 0 Å². The van der Waals surface area contributed by atoms with Gasteiger partial charge in [0.25, 0.3) is 0 Å². The molecule has 7 nitrogen and oxygen atoms in total. The van der Waals surface area contributed by atoms with Gasteiger partial charge in [-0.3, -0.25) is 15.3 Å². The third kappa shape index (κ3) is 5.64. The lowest BCUT2D eigenvalue weighted by Gasteiger charge is -2.12. The summed E-state index contributed by atoms with van der Waals surface area (Å²) in [4.78, 5) is 24.5. The van der Waals surface area contributed by atoms with E-state index in [2.05, 4.69) is 30.3 Å². The van der Waals surface area contributed by atoms with Crippen molar-refractivity contribution in [3.63, 3.8) is 0 Å². The largest absolute Gasteiger partial charge is 0.573 e. The predicted molar refractivity (Wildman–Crippen MR) is 101 cm³/mol. The van der Waals surface area contributed by atoms with Crippen molar-refractivity contribution in [3.05, 3.63) is 60.2 Å². The summed E-state index contributed by atoms with van der Waals surface area (Å²) in [5, 5.41) is 5.16. The van der Waals surface area contributed by atoms with Crippen molar-refractivity contribution in [1.82, 2.24) is 15.0 Å². The maximum Gasteiger partial charge on any atom is 0.573 e. The number of anilines is 2. The molecule has 10 heteroatoms. The SMILES string of the molecule is Cc1ccc(NC(=O)Nc2cncc(-c3ccc(OC(F)(F)F)c(C)c3)n2)cn1. The molecule has 0 bridgehead atoms. The maximum absolute atomic E-state index is 12.4. The molecular formula is C19H16F3N5O2. The number of carbonyl (C=O) groups excluding carboxylic acids is 1. The second kappa shape index (κ2) is 8.13. The van der Waals surface area contributed by atoms with Crippen molar-refractivity contribution >= 4 is 17.5 Å². The fourth-order valence-electron chi connectivity index (χ4n) is 2.43. The molecule has 0 unspecified atom stereocenters. The van der Waals surface area contributed by atoms with Gasteiger partial charge < -0.3 is 10.1 Å². The average molecular weight is 403 g/mol. The summed E-state index contributed by atoms with van der Waals surface area (Å²) in [5.74, 6) is -0.122. The van der Waals surface area contributed by atoms with E-state index < -0.39 is 12.4 Å². The van der Waals surface area contributed by atoms with Crippen molar-refractivity contribution < 1.29 is 22.7 Å². The van der Waals surface area contributed by atoms with Crippen molar-refractivity contribution in [2.75, 3.05) is 10.6 Å². The highest BCUT2D eigenvalue weighted by molar-refractivity contribution is 5.99. The first-order valence-electron chi connectivity index (χ1n) is 8.39. The third-order valence-corrected chi connectivity index (χ3v) is 3.74. The van der Waals surface area contributed by atoms with E-state index in [9.17, 15) is 18.0 Å². The van der Waals surface area contributed by atoms with Crippen LogP contribution in [0.2, 0.25) is 0 Å². The van der Waals surface area contributed by atoms with Crippen LogP contribution in [0.25, 0.3) is 11.3 Å². The number of rotatable bonds is 4. The van der Waals surface area contributed by atoms with E-state index in [4.69, 9.17) is 0 Å². The number of hydrogen-bond donors (Lipinski definition) is 2. The number of aromatic nitrogens is 3. The number of alkyl halides is 3. The number of ether oxygens (including phenoxy) is 1. The van der Waals surface area contributed by atoms with E-state index in [1.165, 1.54) is 43.7 Å². The van der Waals surface area contributed by atoms with Gasteiger partial charge in [-0.2, -0.15) is 0 Å². The quantitative estimate of drug-likeness (QED) is 0.659. The van der Waals surface area contributed by atoms with Crippen LogP contribution in [0.5, 0.6) is 5.75 Å². The Morgan fingerprint density at radius 3 is 2.48 bits per heavy atom. The summed E-state index contributed by atoms with van der Waals surface area (Å²) in [6.07, 6.45) is -0.461. The second-order valence-electron chi connectivity index (χ2n) is 6.09. The maximum atomic E-state index is 12.4. The van der Waals surface area contributed by atoms with Gasteiger partial charge in [-0.15, -0.1) is 13.2 Å². The molecule has 1 aromatic carbocycles. The number of nitrogens with zero attached hydrogens (tertiary/aromatic N) is 3. The van der Waals surface area contributed by atoms with Crippen LogP contribution in [0, 0.1) is 13.8 Å². The van der Waals surface area contributed by atoms with E-state index in [1.54, 1.807) is 12.1 Å². The number of carbonyl (C=O) groups is 1.